The Morgan fingerprint density at radius 3 is 1.55 bits per heavy atom. The highest BCUT2D eigenvalue weighted by Crippen LogP contribution is 2.48. The van der Waals surface area contributed by atoms with E-state index in [1.807, 2.05) is 13.0 Å². The second kappa shape index (κ2) is 9.87. The average Bonchev–Trinajstić information content (AvgIpc) is 3.35. The van der Waals surface area contributed by atoms with Crippen molar-refractivity contribution in [3.8, 4) is 33.7 Å². The smallest absolute Gasteiger partial charge is 0.144 e. The van der Waals surface area contributed by atoms with Crippen LogP contribution in [0.25, 0.3) is 49.7 Å². The molecule has 0 amide bonds. The summed E-state index contributed by atoms with van der Waals surface area (Å²) in [6.45, 7) is 12.3. The summed E-state index contributed by atoms with van der Waals surface area (Å²) >= 11 is 0.212. The minimum absolute atomic E-state index is 0.131. The molecule has 0 radical (unpaired) electrons. The molecule has 0 fully saturated rings. The highest BCUT2D eigenvalue weighted by molar-refractivity contribution is 7.94. The molecule has 0 bridgehead atoms. The Balaban J connectivity index is 1.57. The molecule has 0 saturated heterocycles. The molecule has 0 aliphatic rings. The van der Waals surface area contributed by atoms with Gasteiger partial charge in [-0.3, -0.25) is 0 Å². The number of aromatic nitrogens is 1. The van der Waals surface area contributed by atoms with E-state index in [0.29, 0.717) is 10.5 Å². The van der Waals surface area contributed by atoms with Gasteiger partial charge in [0.05, 0.1) is 28.1 Å². The Morgan fingerprint density at radius 1 is 0.525 bits per heavy atom. The van der Waals surface area contributed by atoms with Crippen LogP contribution < -0.4 is 0 Å². The van der Waals surface area contributed by atoms with Crippen LogP contribution >= 0.6 is 12.1 Å². The van der Waals surface area contributed by atoms with Gasteiger partial charge in [0.15, 0.2) is 0 Å². The van der Waals surface area contributed by atoms with Crippen LogP contribution in [0.5, 0.6) is 5.75 Å². The Bertz CT molecular complexity index is 1920. The van der Waals surface area contributed by atoms with E-state index in [4.69, 9.17) is 0 Å². The quantitative estimate of drug-likeness (QED) is 0.238. The number of hydrogen-bond acceptors (Lipinski definition) is 2. The second-order valence-corrected chi connectivity index (χ2v) is 11.3. The highest BCUT2D eigenvalue weighted by atomic mass is 32.2. The van der Waals surface area contributed by atoms with Crippen LogP contribution in [0.1, 0.15) is 33.4 Å². The van der Waals surface area contributed by atoms with Crippen LogP contribution in [0.4, 0.5) is 3.89 Å². The monoisotopic (exact) mass is 545 g/mol. The van der Waals surface area contributed by atoms with Gasteiger partial charge in [-0.25, -0.2) is 0 Å². The van der Waals surface area contributed by atoms with E-state index in [-0.39, 0.29) is 17.9 Å². The van der Waals surface area contributed by atoms with E-state index in [9.17, 15) is 8.99 Å². The van der Waals surface area contributed by atoms with E-state index >= 15 is 0 Å². The number of nitrogens with zero attached hydrogens (tertiary/aromatic N) is 1. The lowest BCUT2D eigenvalue weighted by atomic mass is 9.93. The fraction of sp³-hybridized carbons (Fsp3) is 0.167. The van der Waals surface area contributed by atoms with E-state index in [1.165, 1.54) is 27.8 Å². The van der Waals surface area contributed by atoms with Gasteiger partial charge < -0.3 is 9.67 Å². The van der Waals surface area contributed by atoms with Crippen LogP contribution in [0.2, 0.25) is 0 Å². The molecule has 40 heavy (non-hydrogen) atoms. The van der Waals surface area contributed by atoms with Crippen molar-refractivity contribution in [2.24, 2.45) is 0 Å². The number of benzene rings is 5. The van der Waals surface area contributed by atoms with Gasteiger partial charge in [-0.15, -0.1) is 0 Å². The Kier molecular flexibility index (Phi) is 6.47. The topological polar surface area (TPSA) is 25.2 Å². The van der Waals surface area contributed by atoms with Crippen molar-refractivity contribution in [3.63, 3.8) is 0 Å². The molecule has 5 aromatic carbocycles. The van der Waals surface area contributed by atoms with Gasteiger partial charge in [0.1, 0.15) is 5.75 Å². The standard InChI is InChI=1S/C36H32FNOS/c1-20-21(2)23(4)33-31(22(20)3)32-24(5)36(40-37)25(6)35(39)34(32)38(33)30-18-16-29(17-19-30)28-14-12-27(13-15-28)26-10-8-7-9-11-26/h7-19,39H,1-6H3. The van der Waals surface area contributed by atoms with E-state index in [2.05, 4.69) is 105 Å². The molecular formula is C36H32FNOS. The first-order valence-corrected chi connectivity index (χ1v) is 14.3. The second-order valence-electron chi connectivity index (χ2n) is 10.8. The predicted octanol–water partition coefficient (Wildman–Crippen LogP) is 10.7. The number of phenolic OH excluding ortho intramolecular Hbond substituents is 1. The predicted molar refractivity (Wildman–Crippen MR) is 169 cm³/mol. The molecule has 0 aliphatic heterocycles. The first kappa shape index (κ1) is 26.2. The summed E-state index contributed by atoms with van der Waals surface area (Å²) in [5, 5.41) is 13.5. The van der Waals surface area contributed by atoms with Crippen molar-refractivity contribution in [1.29, 1.82) is 0 Å². The van der Waals surface area contributed by atoms with Crippen molar-refractivity contribution in [1.82, 2.24) is 4.57 Å². The fourth-order valence-electron chi connectivity index (χ4n) is 6.15. The number of aryl methyl sites for hydroxylation is 3. The van der Waals surface area contributed by atoms with Gasteiger partial charge in [-0.1, -0.05) is 66.7 Å². The molecule has 0 saturated carbocycles. The van der Waals surface area contributed by atoms with Crippen molar-refractivity contribution < 1.29 is 8.99 Å². The van der Waals surface area contributed by atoms with Gasteiger partial charge in [0.25, 0.3) is 0 Å². The average molecular weight is 546 g/mol. The minimum atomic E-state index is 0.131. The van der Waals surface area contributed by atoms with Crippen molar-refractivity contribution in [2.45, 2.75) is 46.4 Å². The third-order valence-electron chi connectivity index (χ3n) is 8.75. The van der Waals surface area contributed by atoms with Gasteiger partial charge in [0.2, 0.25) is 0 Å². The zero-order chi connectivity index (χ0) is 28.3. The molecule has 6 rings (SSSR count). The summed E-state index contributed by atoms with van der Waals surface area (Å²) in [5.74, 6) is 0.131. The number of aromatic hydroxyl groups is 1. The maximum Gasteiger partial charge on any atom is 0.144 e. The van der Waals surface area contributed by atoms with E-state index < -0.39 is 0 Å². The summed E-state index contributed by atoms with van der Waals surface area (Å²) in [4.78, 5) is 0.494. The van der Waals surface area contributed by atoms with Crippen LogP contribution in [-0.4, -0.2) is 9.67 Å². The van der Waals surface area contributed by atoms with Crippen molar-refractivity contribution in [2.75, 3.05) is 0 Å². The number of rotatable bonds is 4. The largest absolute Gasteiger partial charge is 0.505 e. The SMILES string of the molecule is Cc1c(C)c(C)c2c(c1C)c1c(C)c(SF)c(C)c(O)c1n2-c1ccc(-c2ccc(-c3ccccc3)cc2)cc1. The highest BCUT2D eigenvalue weighted by Gasteiger charge is 2.26. The Labute approximate surface area is 239 Å². The summed E-state index contributed by atoms with van der Waals surface area (Å²) in [6, 6.07) is 27.5. The molecule has 1 heterocycles. The summed E-state index contributed by atoms with van der Waals surface area (Å²) in [5.41, 5.74) is 13.6. The third-order valence-corrected chi connectivity index (χ3v) is 9.52. The fourth-order valence-corrected chi connectivity index (χ4v) is 6.58. The zero-order valence-electron chi connectivity index (χ0n) is 23.7. The molecule has 4 heteroatoms. The molecule has 0 aliphatic carbocycles. The lowest BCUT2D eigenvalue weighted by Gasteiger charge is -2.15. The Hall–Kier alpha value is -4.02. The molecule has 0 atom stereocenters. The van der Waals surface area contributed by atoms with E-state index in [1.54, 1.807) is 6.92 Å². The molecule has 6 aromatic rings. The van der Waals surface area contributed by atoms with Crippen LogP contribution in [0.3, 0.4) is 0 Å². The van der Waals surface area contributed by atoms with Gasteiger partial charge in [-0.2, -0.15) is 3.89 Å². The zero-order valence-corrected chi connectivity index (χ0v) is 24.5. The number of hydrogen-bond donors (Lipinski definition) is 1. The molecule has 1 aromatic heterocycles. The maximum atomic E-state index is 14.1. The van der Waals surface area contributed by atoms with E-state index in [0.717, 1.165) is 49.7 Å². The summed E-state index contributed by atoms with van der Waals surface area (Å²) < 4.78 is 16.3. The lowest BCUT2D eigenvalue weighted by Crippen LogP contribution is -1.99. The number of phenols is 1. The lowest BCUT2D eigenvalue weighted by molar-refractivity contribution is 0.473. The van der Waals surface area contributed by atoms with Crippen LogP contribution in [0.15, 0.2) is 83.8 Å². The number of halogens is 1. The van der Waals surface area contributed by atoms with Gasteiger partial charge in [-0.05, 0) is 104 Å². The van der Waals surface area contributed by atoms with Crippen molar-refractivity contribution >= 4 is 34.0 Å². The van der Waals surface area contributed by atoms with Gasteiger partial charge >= 0.3 is 0 Å². The summed E-state index contributed by atoms with van der Waals surface area (Å²) in [7, 11) is 0. The van der Waals surface area contributed by atoms with Gasteiger partial charge in [0, 0.05) is 22.0 Å². The third kappa shape index (κ3) is 3.85. The van der Waals surface area contributed by atoms with Crippen LogP contribution in [0, 0.1) is 41.5 Å². The number of fused-ring (bicyclic) bond motifs is 3. The first-order chi connectivity index (χ1) is 19.2. The molecule has 1 N–H and O–H groups in total. The maximum absolute atomic E-state index is 14.1. The molecule has 200 valence electrons. The molecule has 0 unspecified atom stereocenters. The molecule has 2 nitrogen and oxygen atoms in total. The van der Waals surface area contributed by atoms with Crippen molar-refractivity contribution in [3.05, 3.63) is 112 Å². The molecule has 0 spiro atoms. The summed E-state index contributed by atoms with van der Waals surface area (Å²) in [6.07, 6.45) is 0. The Morgan fingerprint density at radius 2 is 1.00 bits per heavy atom. The van der Waals surface area contributed by atoms with Crippen LogP contribution in [-0.2, 0) is 0 Å². The first-order valence-electron chi connectivity index (χ1n) is 13.6. The normalized spacial score (nSPS) is 11.6. The minimum Gasteiger partial charge on any atom is -0.505 e. The molecular weight excluding hydrogens is 513 g/mol.